The number of fused-ring (bicyclic) bond motifs is 1. The van der Waals surface area contributed by atoms with E-state index in [1.807, 2.05) is 0 Å². The molecule has 0 aliphatic carbocycles. The number of nitrogens with one attached hydrogen (secondary N) is 2. The van der Waals surface area contributed by atoms with Gasteiger partial charge in [-0.15, -0.1) is 0 Å². The lowest BCUT2D eigenvalue weighted by molar-refractivity contribution is 0.591. The minimum absolute atomic E-state index is 0.186. The molecule has 2 aromatic rings. The summed E-state index contributed by atoms with van der Waals surface area (Å²) in [4.78, 5) is 8.18. The molecule has 18 heavy (non-hydrogen) atoms. The fourth-order valence-corrected chi connectivity index (χ4v) is 2.58. The molecule has 0 spiro atoms. The van der Waals surface area contributed by atoms with Gasteiger partial charge in [-0.25, -0.2) is 4.98 Å². The molecule has 0 amide bonds. The number of nitrogens with zero attached hydrogens (tertiary/aromatic N) is 1. The Labute approximate surface area is 108 Å². The zero-order valence-electron chi connectivity index (χ0n) is 11.4. The van der Waals surface area contributed by atoms with Crippen molar-refractivity contribution in [3.8, 4) is 0 Å². The normalized spacial score (nSPS) is 20.7. The predicted molar refractivity (Wildman–Crippen MR) is 74.8 cm³/mol. The highest BCUT2D eigenvalue weighted by molar-refractivity contribution is 5.76. The van der Waals surface area contributed by atoms with Gasteiger partial charge in [-0.3, -0.25) is 0 Å². The largest absolute Gasteiger partial charge is 0.341 e. The minimum Gasteiger partial charge on any atom is -0.341 e. The van der Waals surface area contributed by atoms with E-state index in [4.69, 9.17) is 4.98 Å². The summed E-state index contributed by atoms with van der Waals surface area (Å²) < 4.78 is 0. The molecule has 0 radical (unpaired) electrons. The van der Waals surface area contributed by atoms with Gasteiger partial charge in [0.05, 0.1) is 17.1 Å². The van der Waals surface area contributed by atoms with E-state index in [2.05, 4.69) is 49.3 Å². The molecule has 1 aliphatic rings. The van der Waals surface area contributed by atoms with Gasteiger partial charge < -0.3 is 10.3 Å². The average molecular weight is 243 g/mol. The SMILES string of the molecule is CC(C)(C)c1ccc2nc(C3CCCN3)[nH]c2c1. The number of H-pyrrole nitrogens is 1. The van der Waals surface area contributed by atoms with Crippen LogP contribution in [-0.4, -0.2) is 16.5 Å². The Kier molecular flexibility index (Phi) is 2.67. The van der Waals surface area contributed by atoms with E-state index in [0.29, 0.717) is 6.04 Å². The van der Waals surface area contributed by atoms with E-state index in [1.165, 1.54) is 18.4 Å². The number of aromatic nitrogens is 2. The fraction of sp³-hybridized carbons (Fsp3) is 0.533. The van der Waals surface area contributed by atoms with Crippen molar-refractivity contribution < 1.29 is 0 Å². The molecule has 1 aromatic heterocycles. The number of hydrogen-bond donors (Lipinski definition) is 2. The first kappa shape index (κ1) is 11.7. The first-order valence-electron chi connectivity index (χ1n) is 6.77. The Morgan fingerprint density at radius 1 is 1.28 bits per heavy atom. The molecule has 1 atom stereocenters. The van der Waals surface area contributed by atoms with Crippen LogP contribution in [0, 0.1) is 0 Å². The minimum atomic E-state index is 0.186. The molecule has 3 heteroatoms. The summed E-state index contributed by atoms with van der Waals surface area (Å²) in [5.74, 6) is 1.09. The van der Waals surface area contributed by atoms with Crippen molar-refractivity contribution in [2.24, 2.45) is 0 Å². The van der Waals surface area contributed by atoms with Crippen LogP contribution in [0.3, 0.4) is 0 Å². The van der Waals surface area contributed by atoms with Gasteiger partial charge in [-0.05, 0) is 42.5 Å². The number of imidazole rings is 1. The topological polar surface area (TPSA) is 40.7 Å². The third-order valence-electron chi connectivity index (χ3n) is 3.76. The van der Waals surface area contributed by atoms with E-state index >= 15 is 0 Å². The molecular formula is C15H21N3. The molecule has 1 aliphatic heterocycles. The standard InChI is InChI=1S/C15H21N3/c1-15(2,3)10-6-7-11-13(9-10)18-14(17-11)12-5-4-8-16-12/h6-7,9,12,16H,4-5,8H2,1-3H3,(H,17,18). The van der Waals surface area contributed by atoms with Crippen LogP contribution >= 0.6 is 0 Å². The maximum Gasteiger partial charge on any atom is 0.124 e. The Morgan fingerprint density at radius 2 is 2.11 bits per heavy atom. The van der Waals surface area contributed by atoms with Gasteiger partial charge in [-0.2, -0.15) is 0 Å². The third kappa shape index (κ3) is 2.03. The molecule has 0 saturated carbocycles. The molecule has 2 N–H and O–H groups in total. The quantitative estimate of drug-likeness (QED) is 0.807. The van der Waals surface area contributed by atoms with Crippen molar-refractivity contribution in [1.29, 1.82) is 0 Å². The highest BCUT2D eigenvalue weighted by atomic mass is 15.0. The monoisotopic (exact) mass is 243 g/mol. The van der Waals surface area contributed by atoms with E-state index in [0.717, 1.165) is 23.4 Å². The van der Waals surface area contributed by atoms with Crippen LogP contribution in [0.25, 0.3) is 11.0 Å². The van der Waals surface area contributed by atoms with Gasteiger partial charge >= 0.3 is 0 Å². The summed E-state index contributed by atoms with van der Waals surface area (Å²) in [5.41, 5.74) is 3.77. The van der Waals surface area contributed by atoms with Crippen molar-refractivity contribution in [3.63, 3.8) is 0 Å². The van der Waals surface area contributed by atoms with E-state index < -0.39 is 0 Å². The van der Waals surface area contributed by atoms with Gasteiger partial charge in [0.25, 0.3) is 0 Å². The van der Waals surface area contributed by atoms with Crippen molar-refractivity contribution in [1.82, 2.24) is 15.3 Å². The zero-order chi connectivity index (χ0) is 12.8. The van der Waals surface area contributed by atoms with E-state index in [-0.39, 0.29) is 5.41 Å². The van der Waals surface area contributed by atoms with Gasteiger partial charge in [0, 0.05) is 0 Å². The second-order valence-corrected chi connectivity index (χ2v) is 6.25. The highest BCUT2D eigenvalue weighted by Crippen LogP contribution is 2.27. The lowest BCUT2D eigenvalue weighted by Crippen LogP contribution is -2.14. The summed E-state index contributed by atoms with van der Waals surface area (Å²) in [6.45, 7) is 7.83. The number of hydrogen-bond acceptors (Lipinski definition) is 2. The number of benzene rings is 1. The first-order valence-corrected chi connectivity index (χ1v) is 6.77. The Bertz CT molecular complexity index is 557. The smallest absolute Gasteiger partial charge is 0.124 e. The average Bonchev–Trinajstić information content (AvgIpc) is 2.95. The Morgan fingerprint density at radius 3 is 2.78 bits per heavy atom. The van der Waals surface area contributed by atoms with Crippen molar-refractivity contribution in [2.75, 3.05) is 6.54 Å². The van der Waals surface area contributed by atoms with Gasteiger partial charge in [0.1, 0.15) is 5.82 Å². The van der Waals surface area contributed by atoms with Crippen LogP contribution in [0.4, 0.5) is 0 Å². The second-order valence-electron chi connectivity index (χ2n) is 6.25. The zero-order valence-corrected chi connectivity index (χ0v) is 11.4. The molecular weight excluding hydrogens is 222 g/mol. The summed E-state index contributed by atoms with van der Waals surface area (Å²) in [5, 5.41) is 3.48. The van der Waals surface area contributed by atoms with Gasteiger partial charge in [0.15, 0.2) is 0 Å². The van der Waals surface area contributed by atoms with Crippen LogP contribution in [-0.2, 0) is 5.41 Å². The lowest BCUT2D eigenvalue weighted by atomic mass is 9.87. The summed E-state index contributed by atoms with van der Waals surface area (Å²) in [6.07, 6.45) is 2.43. The van der Waals surface area contributed by atoms with Gasteiger partial charge in [-0.1, -0.05) is 26.8 Å². The first-order chi connectivity index (χ1) is 8.54. The Hall–Kier alpha value is -1.35. The number of rotatable bonds is 1. The molecule has 1 aromatic carbocycles. The highest BCUT2D eigenvalue weighted by Gasteiger charge is 2.20. The molecule has 0 bridgehead atoms. The molecule has 1 fully saturated rings. The van der Waals surface area contributed by atoms with Crippen LogP contribution in [0.2, 0.25) is 0 Å². The summed E-state index contributed by atoms with van der Waals surface area (Å²) in [7, 11) is 0. The molecule has 3 rings (SSSR count). The summed E-state index contributed by atoms with van der Waals surface area (Å²) >= 11 is 0. The van der Waals surface area contributed by atoms with Crippen LogP contribution < -0.4 is 5.32 Å². The van der Waals surface area contributed by atoms with Gasteiger partial charge in [0.2, 0.25) is 0 Å². The molecule has 1 unspecified atom stereocenters. The fourth-order valence-electron chi connectivity index (χ4n) is 2.58. The van der Waals surface area contributed by atoms with Crippen LogP contribution in [0.5, 0.6) is 0 Å². The molecule has 1 saturated heterocycles. The van der Waals surface area contributed by atoms with E-state index in [9.17, 15) is 0 Å². The maximum atomic E-state index is 4.70. The third-order valence-corrected chi connectivity index (χ3v) is 3.76. The number of aromatic amines is 1. The Balaban J connectivity index is 2.01. The van der Waals surface area contributed by atoms with Crippen LogP contribution in [0.15, 0.2) is 18.2 Å². The lowest BCUT2D eigenvalue weighted by Gasteiger charge is -2.18. The van der Waals surface area contributed by atoms with E-state index in [1.54, 1.807) is 0 Å². The summed E-state index contributed by atoms with van der Waals surface area (Å²) in [6, 6.07) is 6.97. The van der Waals surface area contributed by atoms with Crippen LogP contribution in [0.1, 0.15) is 51.0 Å². The molecule has 2 heterocycles. The van der Waals surface area contributed by atoms with Crippen molar-refractivity contribution >= 4 is 11.0 Å². The molecule has 3 nitrogen and oxygen atoms in total. The van der Waals surface area contributed by atoms with Crippen molar-refractivity contribution in [3.05, 3.63) is 29.6 Å². The molecule has 96 valence electrons. The maximum absolute atomic E-state index is 4.70. The van der Waals surface area contributed by atoms with Crippen molar-refractivity contribution in [2.45, 2.75) is 45.1 Å². The predicted octanol–water partition coefficient (Wildman–Crippen LogP) is 3.28. The second kappa shape index (κ2) is 4.09.